The molecule has 1 rings (SSSR count). The molecule has 0 radical (unpaired) electrons. The van der Waals surface area contributed by atoms with Crippen LogP contribution >= 0.6 is 0 Å². The van der Waals surface area contributed by atoms with Crippen LogP contribution in [0, 0.1) is 11.3 Å². The Balaban J connectivity index is 2.20. The molecule has 0 aliphatic carbocycles. The smallest absolute Gasteiger partial charge is 0.0518 e. The molecule has 0 bridgehead atoms. The van der Waals surface area contributed by atoms with Crippen molar-refractivity contribution in [1.82, 2.24) is 10.2 Å². The van der Waals surface area contributed by atoms with Gasteiger partial charge in [-0.05, 0) is 39.3 Å². The van der Waals surface area contributed by atoms with Gasteiger partial charge in [0.15, 0.2) is 0 Å². The van der Waals surface area contributed by atoms with Crippen molar-refractivity contribution in [2.24, 2.45) is 11.3 Å². The third-order valence-electron chi connectivity index (χ3n) is 3.80. The third kappa shape index (κ3) is 4.54. The van der Waals surface area contributed by atoms with Gasteiger partial charge < -0.3 is 20.4 Å². The van der Waals surface area contributed by atoms with Crippen LogP contribution in [0.15, 0.2) is 0 Å². The van der Waals surface area contributed by atoms with Gasteiger partial charge in [0.1, 0.15) is 0 Å². The average Bonchev–Trinajstić information content (AvgIpc) is 2.78. The third-order valence-corrected chi connectivity index (χ3v) is 3.80. The molecule has 1 aliphatic rings. The van der Waals surface area contributed by atoms with Crippen molar-refractivity contribution < 1.29 is 10.2 Å². The van der Waals surface area contributed by atoms with Crippen LogP contribution in [0.1, 0.15) is 27.2 Å². The van der Waals surface area contributed by atoms with Crippen LogP contribution < -0.4 is 5.32 Å². The second-order valence-electron chi connectivity index (χ2n) is 6.00. The van der Waals surface area contributed by atoms with Gasteiger partial charge >= 0.3 is 0 Å². The van der Waals surface area contributed by atoms with Crippen LogP contribution in [0.2, 0.25) is 0 Å². The van der Waals surface area contributed by atoms with Gasteiger partial charge in [0.25, 0.3) is 0 Å². The van der Waals surface area contributed by atoms with Crippen molar-refractivity contribution in [3.8, 4) is 0 Å². The van der Waals surface area contributed by atoms with Gasteiger partial charge in [-0.1, -0.05) is 6.92 Å². The molecular formula is C13H28N2O2. The molecule has 0 aromatic rings. The maximum Gasteiger partial charge on any atom is 0.0518 e. The maximum atomic E-state index is 9.18. The number of aliphatic hydroxyl groups is 2. The molecule has 1 fully saturated rings. The van der Waals surface area contributed by atoms with Gasteiger partial charge in [-0.3, -0.25) is 0 Å². The Bertz CT molecular complexity index is 217. The molecule has 1 heterocycles. The van der Waals surface area contributed by atoms with Crippen molar-refractivity contribution >= 4 is 0 Å². The molecule has 1 unspecified atom stereocenters. The summed E-state index contributed by atoms with van der Waals surface area (Å²) in [6, 6.07) is 0.639. The Hall–Kier alpha value is -0.160. The Morgan fingerprint density at radius 3 is 2.47 bits per heavy atom. The predicted octanol–water partition coefficient (Wildman–Crippen LogP) is 0.297. The second kappa shape index (κ2) is 6.69. The zero-order valence-corrected chi connectivity index (χ0v) is 11.4. The molecule has 0 spiro atoms. The van der Waals surface area contributed by atoms with Gasteiger partial charge in [-0.2, -0.15) is 0 Å². The first-order valence-corrected chi connectivity index (χ1v) is 6.67. The molecule has 1 aliphatic heterocycles. The van der Waals surface area contributed by atoms with E-state index in [2.05, 4.69) is 24.1 Å². The number of nitrogens with one attached hydrogen (secondary N) is 1. The van der Waals surface area contributed by atoms with Gasteiger partial charge in [-0.25, -0.2) is 0 Å². The molecule has 102 valence electrons. The molecule has 0 aromatic heterocycles. The molecule has 4 heteroatoms. The number of rotatable bonds is 7. The van der Waals surface area contributed by atoms with E-state index in [0.29, 0.717) is 18.5 Å². The fourth-order valence-electron chi connectivity index (χ4n) is 2.24. The summed E-state index contributed by atoms with van der Waals surface area (Å²) < 4.78 is 0. The highest BCUT2D eigenvalue weighted by Crippen LogP contribution is 2.18. The van der Waals surface area contributed by atoms with E-state index < -0.39 is 5.41 Å². The SMILES string of the molecule is CC(C)N1CCC(CNCC(C)(CO)CO)C1. The number of hydrogen-bond acceptors (Lipinski definition) is 4. The monoisotopic (exact) mass is 244 g/mol. The second-order valence-corrected chi connectivity index (χ2v) is 6.00. The molecule has 0 aromatic carbocycles. The van der Waals surface area contributed by atoms with E-state index in [4.69, 9.17) is 0 Å². The summed E-state index contributed by atoms with van der Waals surface area (Å²) in [5, 5.41) is 21.8. The molecule has 3 N–H and O–H groups in total. The van der Waals surface area contributed by atoms with E-state index in [0.717, 1.165) is 6.54 Å². The van der Waals surface area contributed by atoms with Crippen molar-refractivity contribution in [3.05, 3.63) is 0 Å². The number of nitrogens with zero attached hydrogens (tertiary/aromatic N) is 1. The Labute approximate surface area is 105 Å². The lowest BCUT2D eigenvalue weighted by Gasteiger charge is -2.26. The van der Waals surface area contributed by atoms with Crippen LogP contribution in [0.3, 0.4) is 0 Å². The van der Waals surface area contributed by atoms with Crippen LogP contribution in [0.5, 0.6) is 0 Å². The number of aliphatic hydroxyl groups excluding tert-OH is 2. The van der Waals surface area contributed by atoms with E-state index in [-0.39, 0.29) is 13.2 Å². The van der Waals surface area contributed by atoms with E-state index in [1.165, 1.54) is 19.5 Å². The number of hydrogen-bond donors (Lipinski definition) is 3. The lowest BCUT2D eigenvalue weighted by Crippen LogP contribution is -2.40. The highest BCUT2D eigenvalue weighted by Gasteiger charge is 2.26. The van der Waals surface area contributed by atoms with Crippen molar-refractivity contribution in [2.75, 3.05) is 39.4 Å². The lowest BCUT2D eigenvalue weighted by molar-refractivity contribution is 0.0690. The maximum absolute atomic E-state index is 9.18. The zero-order valence-electron chi connectivity index (χ0n) is 11.4. The van der Waals surface area contributed by atoms with Crippen LogP contribution in [-0.4, -0.2) is 60.5 Å². The molecule has 1 atom stereocenters. The first-order valence-electron chi connectivity index (χ1n) is 6.67. The van der Waals surface area contributed by atoms with Gasteiger partial charge in [-0.15, -0.1) is 0 Å². The van der Waals surface area contributed by atoms with Crippen molar-refractivity contribution in [3.63, 3.8) is 0 Å². The predicted molar refractivity (Wildman–Crippen MR) is 70.0 cm³/mol. The Morgan fingerprint density at radius 2 is 2.00 bits per heavy atom. The topological polar surface area (TPSA) is 55.7 Å². The molecule has 4 nitrogen and oxygen atoms in total. The van der Waals surface area contributed by atoms with Gasteiger partial charge in [0.05, 0.1) is 13.2 Å². The summed E-state index contributed by atoms with van der Waals surface area (Å²) in [6.07, 6.45) is 1.25. The Kier molecular flexibility index (Phi) is 5.86. The average molecular weight is 244 g/mol. The standard InChI is InChI=1S/C13H28N2O2/c1-11(2)15-5-4-12(7-15)6-14-8-13(3,9-16)10-17/h11-12,14,16-17H,4-10H2,1-3H3. The van der Waals surface area contributed by atoms with E-state index in [1.54, 1.807) is 0 Å². The highest BCUT2D eigenvalue weighted by molar-refractivity contribution is 4.81. The highest BCUT2D eigenvalue weighted by atomic mass is 16.3. The molecule has 0 amide bonds. The van der Waals surface area contributed by atoms with Crippen molar-refractivity contribution in [2.45, 2.75) is 33.2 Å². The van der Waals surface area contributed by atoms with Crippen LogP contribution in [0.4, 0.5) is 0 Å². The largest absolute Gasteiger partial charge is 0.396 e. The van der Waals surface area contributed by atoms with Crippen LogP contribution in [-0.2, 0) is 0 Å². The normalized spacial score (nSPS) is 22.6. The molecule has 0 saturated carbocycles. The summed E-state index contributed by atoms with van der Waals surface area (Å²) in [5.41, 5.74) is -0.393. The molecule has 17 heavy (non-hydrogen) atoms. The lowest BCUT2D eigenvalue weighted by atomic mass is 9.93. The molecule has 1 saturated heterocycles. The number of likely N-dealkylation sites (tertiary alicyclic amines) is 1. The minimum absolute atomic E-state index is 0.0271. The zero-order chi connectivity index (χ0) is 12.9. The van der Waals surface area contributed by atoms with E-state index in [1.807, 2.05) is 6.92 Å². The minimum atomic E-state index is -0.393. The molecular weight excluding hydrogens is 216 g/mol. The van der Waals surface area contributed by atoms with Gasteiger partial charge in [0, 0.05) is 24.5 Å². The quantitative estimate of drug-likeness (QED) is 0.603. The fourth-order valence-corrected chi connectivity index (χ4v) is 2.24. The summed E-state index contributed by atoms with van der Waals surface area (Å²) in [6.45, 7) is 10.5. The first kappa shape index (κ1) is 14.9. The minimum Gasteiger partial charge on any atom is -0.396 e. The van der Waals surface area contributed by atoms with Crippen molar-refractivity contribution in [1.29, 1.82) is 0 Å². The summed E-state index contributed by atoms with van der Waals surface area (Å²) in [4.78, 5) is 2.50. The first-order chi connectivity index (χ1) is 8.00. The summed E-state index contributed by atoms with van der Waals surface area (Å²) in [7, 11) is 0. The fraction of sp³-hybridized carbons (Fsp3) is 1.00. The van der Waals surface area contributed by atoms with E-state index >= 15 is 0 Å². The van der Waals surface area contributed by atoms with E-state index in [9.17, 15) is 10.2 Å². The Morgan fingerprint density at radius 1 is 1.35 bits per heavy atom. The summed E-state index contributed by atoms with van der Waals surface area (Å²) in [5.74, 6) is 0.707. The summed E-state index contributed by atoms with van der Waals surface area (Å²) >= 11 is 0. The van der Waals surface area contributed by atoms with Crippen LogP contribution in [0.25, 0.3) is 0 Å². The van der Waals surface area contributed by atoms with Gasteiger partial charge in [0.2, 0.25) is 0 Å².